The molecule has 2 heterocycles. The summed E-state index contributed by atoms with van der Waals surface area (Å²) in [5.74, 6) is 0.560. The Balaban J connectivity index is 1.71. The van der Waals surface area contributed by atoms with Crippen molar-refractivity contribution in [3.05, 3.63) is 59.3 Å². The molecule has 1 atom stereocenters. The number of H-pyrrole nitrogens is 1. The molecule has 1 aliphatic heterocycles. The molecule has 0 saturated carbocycles. The van der Waals surface area contributed by atoms with E-state index in [2.05, 4.69) is 28.5 Å². The van der Waals surface area contributed by atoms with Gasteiger partial charge >= 0.3 is 0 Å². The zero-order chi connectivity index (χ0) is 18.1. The molecule has 0 fully saturated rings. The minimum Gasteiger partial charge on any atom is -0.493 e. The third-order valence-corrected chi connectivity index (χ3v) is 4.75. The van der Waals surface area contributed by atoms with Crippen LogP contribution in [0.25, 0.3) is 10.9 Å². The number of para-hydroxylation sites is 1. The predicted octanol–water partition coefficient (Wildman–Crippen LogP) is 2.28. The summed E-state index contributed by atoms with van der Waals surface area (Å²) in [4.78, 5) is 14.5. The molecule has 2 aromatic carbocycles. The second kappa shape index (κ2) is 6.72. The van der Waals surface area contributed by atoms with Gasteiger partial charge in [0.25, 0.3) is 5.91 Å². The van der Waals surface area contributed by atoms with Gasteiger partial charge in [0.1, 0.15) is 0 Å². The van der Waals surface area contributed by atoms with Crippen molar-refractivity contribution in [3.63, 3.8) is 0 Å². The number of aromatic nitrogens is 1. The van der Waals surface area contributed by atoms with E-state index in [4.69, 9.17) is 15.2 Å². The van der Waals surface area contributed by atoms with Gasteiger partial charge in [0.05, 0.1) is 13.2 Å². The SMILES string of the molecule is COc1cc([C@@H]2NCCc3c2[nH]c2ccccc32)ccc1OCC(N)=O. The lowest BCUT2D eigenvalue weighted by Gasteiger charge is -2.25. The van der Waals surface area contributed by atoms with E-state index in [0.717, 1.165) is 24.0 Å². The molecule has 1 aromatic heterocycles. The van der Waals surface area contributed by atoms with Crippen LogP contribution in [0, 0.1) is 0 Å². The summed E-state index contributed by atoms with van der Waals surface area (Å²) in [6, 6.07) is 14.2. The minimum atomic E-state index is -0.521. The molecule has 0 radical (unpaired) electrons. The number of aromatic amines is 1. The predicted molar refractivity (Wildman–Crippen MR) is 99.5 cm³/mol. The summed E-state index contributed by atoms with van der Waals surface area (Å²) in [6.45, 7) is 0.727. The Kier molecular flexibility index (Phi) is 4.26. The first kappa shape index (κ1) is 16.5. The Morgan fingerprint density at radius 1 is 1.23 bits per heavy atom. The number of fused-ring (bicyclic) bond motifs is 3. The number of primary amides is 1. The topological polar surface area (TPSA) is 89.4 Å². The lowest BCUT2D eigenvalue weighted by molar-refractivity contribution is -0.119. The molecule has 0 saturated heterocycles. The number of carbonyl (C=O) groups is 1. The summed E-state index contributed by atoms with van der Waals surface area (Å²) >= 11 is 0. The summed E-state index contributed by atoms with van der Waals surface area (Å²) in [5.41, 5.74) is 9.92. The zero-order valence-electron chi connectivity index (χ0n) is 14.5. The molecule has 6 heteroatoms. The van der Waals surface area contributed by atoms with E-state index in [9.17, 15) is 4.79 Å². The van der Waals surface area contributed by atoms with Crippen molar-refractivity contribution in [1.82, 2.24) is 10.3 Å². The van der Waals surface area contributed by atoms with Crippen LogP contribution in [0.1, 0.15) is 22.9 Å². The number of hydrogen-bond donors (Lipinski definition) is 3. The highest BCUT2D eigenvalue weighted by atomic mass is 16.5. The molecule has 1 aliphatic rings. The molecule has 0 unspecified atom stereocenters. The number of ether oxygens (including phenoxy) is 2. The van der Waals surface area contributed by atoms with Crippen molar-refractivity contribution in [3.8, 4) is 11.5 Å². The number of nitrogens with two attached hydrogens (primary N) is 1. The minimum absolute atomic E-state index is 0.0465. The molecule has 0 bridgehead atoms. The van der Waals surface area contributed by atoms with Crippen LogP contribution in [0.3, 0.4) is 0 Å². The average molecular weight is 351 g/mol. The van der Waals surface area contributed by atoms with Crippen molar-refractivity contribution >= 4 is 16.8 Å². The van der Waals surface area contributed by atoms with Crippen LogP contribution >= 0.6 is 0 Å². The fraction of sp³-hybridized carbons (Fsp3) is 0.250. The van der Waals surface area contributed by atoms with E-state index in [-0.39, 0.29) is 12.6 Å². The van der Waals surface area contributed by atoms with Gasteiger partial charge in [-0.15, -0.1) is 0 Å². The van der Waals surface area contributed by atoms with Gasteiger partial charge in [-0.25, -0.2) is 0 Å². The molecule has 0 aliphatic carbocycles. The third-order valence-electron chi connectivity index (χ3n) is 4.75. The van der Waals surface area contributed by atoms with E-state index < -0.39 is 5.91 Å². The Labute approximate surface area is 151 Å². The Morgan fingerprint density at radius 3 is 2.88 bits per heavy atom. The average Bonchev–Trinajstić information content (AvgIpc) is 3.05. The van der Waals surface area contributed by atoms with Crippen molar-refractivity contribution in [1.29, 1.82) is 0 Å². The molecule has 134 valence electrons. The quantitative estimate of drug-likeness (QED) is 0.658. The van der Waals surface area contributed by atoms with Crippen molar-refractivity contribution < 1.29 is 14.3 Å². The first-order valence-corrected chi connectivity index (χ1v) is 8.59. The molecule has 4 N–H and O–H groups in total. The molecular weight excluding hydrogens is 330 g/mol. The van der Waals surface area contributed by atoms with Crippen LogP contribution in [0.15, 0.2) is 42.5 Å². The monoisotopic (exact) mass is 351 g/mol. The highest BCUT2D eigenvalue weighted by Crippen LogP contribution is 2.36. The summed E-state index contributed by atoms with van der Waals surface area (Å²) in [5, 5.41) is 4.85. The number of nitrogens with one attached hydrogen (secondary N) is 2. The summed E-state index contributed by atoms with van der Waals surface area (Å²) in [6.07, 6.45) is 0.993. The molecule has 26 heavy (non-hydrogen) atoms. The number of methoxy groups -OCH3 is 1. The number of hydrogen-bond acceptors (Lipinski definition) is 4. The van der Waals surface area contributed by atoms with Crippen LogP contribution in [0.4, 0.5) is 0 Å². The lowest BCUT2D eigenvalue weighted by Crippen LogP contribution is -2.30. The largest absolute Gasteiger partial charge is 0.493 e. The van der Waals surface area contributed by atoms with Gasteiger partial charge in [-0.2, -0.15) is 0 Å². The van der Waals surface area contributed by atoms with Gasteiger partial charge in [-0.05, 0) is 35.7 Å². The molecule has 3 aromatic rings. The number of amides is 1. The standard InChI is InChI=1S/C20H21N3O3/c1-25-17-10-12(6-7-16(17)26-11-18(21)24)19-20-14(8-9-22-19)13-4-2-3-5-15(13)23-20/h2-7,10,19,22-23H,8-9,11H2,1H3,(H2,21,24)/t19-/m0/s1. The Morgan fingerprint density at radius 2 is 2.08 bits per heavy atom. The fourth-order valence-corrected chi connectivity index (χ4v) is 3.60. The van der Waals surface area contributed by atoms with Gasteiger partial charge in [-0.1, -0.05) is 24.3 Å². The van der Waals surface area contributed by atoms with Crippen LogP contribution in [0.2, 0.25) is 0 Å². The maximum absolute atomic E-state index is 11.0. The summed E-state index contributed by atoms with van der Waals surface area (Å²) < 4.78 is 10.9. The molecule has 4 rings (SSSR count). The van der Waals surface area contributed by atoms with Crippen LogP contribution in [-0.4, -0.2) is 31.2 Å². The number of carbonyl (C=O) groups excluding carboxylic acids is 1. The highest BCUT2D eigenvalue weighted by Gasteiger charge is 2.25. The maximum atomic E-state index is 11.0. The van der Waals surface area contributed by atoms with Gasteiger partial charge in [0.2, 0.25) is 0 Å². The fourth-order valence-electron chi connectivity index (χ4n) is 3.60. The lowest BCUT2D eigenvalue weighted by atomic mass is 9.94. The van der Waals surface area contributed by atoms with E-state index >= 15 is 0 Å². The second-order valence-corrected chi connectivity index (χ2v) is 6.37. The van der Waals surface area contributed by atoms with Crippen molar-refractivity contribution in [2.24, 2.45) is 5.73 Å². The van der Waals surface area contributed by atoms with Crippen LogP contribution < -0.4 is 20.5 Å². The van der Waals surface area contributed by atoms with E-state index in [1.165, 1.54) is 16.6 Å². The van der Waals surface area contributed by atoms with Gasteiger partial charge in [0.15, 0.2) is 18.1 Å². The van der Waals surface area contributed by atoms with Crippen LogP contribution in [-0.2, 0) is 11.2 Å². The molecule has 6 nitrogen and oxygen atoms in total. The third kappa shape index (κ3) is 2.88. The van der Waals surface area contributed by atoms with Gasteiger partial charge in [-0.3, -0.25) is 4.79 Å². The highest BCUT2D eigenvalue weighted by molar-refractivity contribution is 5.85. The van der Waals surface area contributed by atoms with Crippen molar-refractivity contribution in [2.75, 3.05) is 20.3 Å². The normalized spacial score (nSPS) is 16.3. The smallest absolute Gasteiger partial charge is 0.255 e. The number of benzene rings is 2. The molecule has 1 amide bonds. The first-order valence-electron chi connectivity index (χ1n) is 8.59. The van der Waals surface area contributed by atoms with E-state index in [1.54, 1.807) is 7.11 Å². The second-order valence-electron chi connectivity index (χ2n) is 6.37. The van der Waals surface area contributed by atoms with Gasteiger partial charge in [0, 0.05) is 23.1 Å². The Hall–Kier alpha value is -2.99. The van der Waals surface area contributed by atoms with Gasteiger partial charge < -0.3 is 25.5 Å². The summed E-state index contributed by atoms with van der Waals surface area (Å²) in [7, 11) is 1.58. The number of rotatable bonds is 5. The van der Waals surface area contributed by atoms with Crippen LogP contribution in [0.5, 0.6) is 11.5 Å². The van der Waals surface area contributed by atoms with E-state index in [0.29, 0.717) is 11.5 Å². The molecule has 0 spiro atoms. The van der Waals surface area contributed by atoms with E-state index in [1.807, 2.05) is 24.3 Å². The zero-order valence-corrected chi connectivity index (χ0v) is 14.5. The Bertz CT molecular complexity index is 964. The van der Waals surface area contributed by atoms with Crippen molar-refractivity contribution in [2.45, 2.75) is 12.5 Å². The first-order chi connectivity index (χ1) is 12.7. The molecular formula is C20H21N3O3. The maximum Gasteiger partial charge on any atom is 0.255 e.